The van der Waals surface area contributed by atoms with E-state index < -0.39 is 0 Å². The van der Waals surface area contributed by atoms with Gasteiger partial charge in [0.2, 0.25) is 5.91 Å². The van der Waals surface area contributed by atoms with Crippen LogP contribution in [0.1, 0.15) is 17.7 Å². The van der Waals surface area contributed by atoms with E-state index in [1.807, 2.05) is 78.9 Å². The molecule has 6 heteroatoms. The minimum absolute atomic E-state index is 0.120. The molecule has 6 nitrogen and oxygen atoms in total. The minimum atomic E-state index is -0.138. The van der Waals surface area contributed by atoms with Crippen molar-refractivity contribution in [1.82, 2.24) is 14.1 Å². The van der Waals surface area contributed by atoms with Gasteiger partial charge in [0, 0.05) is 31.9 Å². The topological polar surface area (TPSA) is 68.9 Å². The van der Waals surface area contributed by atoms with Gasteiger partial charge in [-0.15, -0.1) is 0 Å². The van der Waals surface area contributed by atoms with E-state index in [0.717, 1.165) is 22.3 Å². The predicted octanol–water partition coefficient (Wildman–Crippen LogP) is 3.93. The lowest BCUT2D eigenvalue weighted by molar-refractivity contribution is -0.116. The monoisotopic (exact) mass is 398 g/mol. The number of hydrogen-bond acceptors (Lipinski definition) is 3. The fraction of sp³-hybridized carbons (Fsp3) is 0.125. The fourth-order valence-corrected chi connectivity index (χ4v) is 3.39. The number of hydrogen-bond donors (Lipinski definition) is 1. The zero-order valence-corrected chi connectivity index (χ0v) is 16.7. The van der Waals surface area contributed by atoms with Crippen LogP contribution < -0.4 is 11.0 Å². The number of fused-ring (bicyclic) bond motifs is 1. The van der Waals surface area contributed by atoms with Gasteiger partial charge in [-0.05, 0) is 48.0 Å². The van der Waals surface area contributed by atoms with Crippen molar-refractivity contribution in [2.75, 3.05) is 5.32 Å². The molecule has 0 spiro atoms. The number of benzene rings is 2. The Balaban J connectivity index is 1.42. The Hall–Kier alpha value is -3.93. The second kappa shape index (κ2) is 8.61. The Morgan fingerprint density at radius 3 is 2.60 bits per heavy atom. The quantitative estimate of drug-likeness (QED) is 0.535. The van der Waals surface area contributed by atoms with Gasteiger partial charge in [0.1, 0.15) is 0 Å². The molecule has 2 aromatic carbocycles. The van der Waals surface area contributed by atoms with Crippen LogP contribution in [0.2, 0.25) is 0 Å². The zero-order valence-electron chi connectivity index (χ0n) is 16.7. The molecule has 0 unspecified atom stereocenters. The molecule has 4 rings (SSSR count). The predicted molar refractivity (Wildman–Crippen MR) is 120 cm³/mol. The van der Waals surface area contributed by atoms with Crippen molar-refractivity contribution in [3.63, 3.8) is 0 Å². The number of aromatic nitrogens is 3. The summed E-state index contributed by atoms with van der Waals surface area (Å²) < 4.78 is 3.24. The molecule has 0 aliphatic rings. The van der Waals surface area contributed by atoms with Crippen molar-refractivity contribution in [2.45, 2.75) is 13.0 Å². The lowest BCUT2D eigenvalue weighted by Crippen LogP contribution is -2.24. The molecule has 0 aliphatic heterocycles. The highest BCUT2D eigenvalue weighted by Crippen LogP contribution is 2.15. The normalized spacial score (nSPS) is 11.2. The number of nitrogens with one attached hydrogen (secondary N) is 1. The maximum absolute atomic E-state index is 12.5. The summed E-state index contributed by atoms with van der Waals surface area (Å²) in [7, 11) is 1.74. The standard InChI is InChI=1S/C24H22N4O2/c1-27-21-10-2-3-11-22(21)28(24(27)30)16-14-23(29)26-20-9-6-7-18(17-20)12-13-19-8-4-5-15-25-19/h2-13,15,17H,14,16H2,1H3,(H,26,29)/b13-12+. The SMILES string of the molecule is Cn1c(=O)n(CCC(=O)Nc2cccc(/C=C/c3ccccn3)c2)c2ccccc21. The summed E-state index contributed by atoms with van der Waals surface area (Å²) in [4.78, 5) is 29.2. The van der Waals surface area contributed by atoms with Gasteiger partial charge in [-0.1, -0.05) is 36.4 Å². The Bertz CT molecular complexity index is 1270. The minimum Gasteiger partial charge on any atom is -0.326 e. The summed E-state index contributed by atoms with van der Waals surface area (Å²) >= 11 is 0. The number of carbonyl (C=O) groups is 1. The smallest absolute Gasteiger partial charge is 0.326 e. The first kappa shape index (κ1) is 19.4. The third-order valence-corrected chi connectivity index (χ3v) is 4.92. The van der Waals surface area contributed by atoms with Gasteiger partial charge >= 0.3 is 5.69 Å². The van der Waals surface area contributed by atoms with Crippen LogP contribution in [0.15, 0.2) is 77.7 Å². The fourth-order valence-electron chi connectivity index (χ4n) is 3.39. The van der Waals surface area contributed by atoms with Crippen molar-refractivity contribution < 1.29 is 4.79 Å². The summed E-state index contributed by atoms with van der Waals surface area (Å²) in [6.45, 7) is 0.325. The van der Waals surface area contributed by atoms with Crippen molar-refractivity contribution in [3.05, 3.63) is 94.7 Å². The largest absolute Gasteiger partial charge is 0.328 e. The third-order valence-electron chi connectivity index (χ3n) is 4.92. The average molecular weight is 398 g/mol. The Labute approximate surface area is 174 Å². The van der Waals surface area contributed by atoms with Gasteiger partial charge < -0.3 is 5.32 Å². The van der Waals surface area contributed by atoms with Crippen LogP contribution in [0.25, 0.3) is 23.2 Å². The summed E-state index contributed by atoms with van der Waals surface area (Å²) in [6, 6.07) is 20.9. The number of pyridine rings is 1. The van der Waals surface area contributed by atoms with E-state index >= 15 is 0 Å². The van der Waals surface area contributed by atoms with Crippen molar-refractivity contribution in [1.29, 1.82) is 0 Å². The molecule has 0 fully saturated rings. The summed E-state index contributed by atoms with van der Waals surface area (Å²) in [6.07, 6.45) is 5.83. The van der Waals surface area contributed by atoms with E-state index in [4.69, 9.17) is 0 Å². The lowest BCUT2D eigenvalue weighted by atomic mass is 10.1. The molecular weight excluding hydrogens is 376 g/mol. The molecule has 0 saturated heterocycles. The van der Waals surface area contributed by atoms with E-state index in [-0.39, 0.29) is 18.0 Å². The number of carbonyl (C=O) groups excluding carboxylic acids is 1. The van der Waals surface area contributed by atoms with Crippen LogP contribution in [0.4, 0.5) is 5.69 Å². The molecule has 0 aliphatic carbocycles. The molecule has 0 bridgehead atoms. The average Bonchev–Trinajstić information content (AvgIpc) is 3.02. The second-order valence-electron chi connectivity index (χ2n) is 6.99. The summed E-state index contributed by atoms with van der Waals surface area (Å²) in [5.41, 5.74) is 4.12. The van der Waals surface area contributed by atoms with Gasteiger partial charge in [0.05, 0.1) is 16.7 Å². The number of anilines is 1. The van der Waals surface area contributed by atoms with Gasteiger partial charge in [-0.2, -0.15) is 0 Å². The van der Waals surface area contributed by atoms with E-state index in [1.165, 1.54) is 0 Å². The maximum atomic E-state index is 12.5. The van der Waals surface area contributed by atoms with Crippen LogP contribution in [0.5, 0.6) is 0 Å². The number of nitrogens with zero attached hydrogens (tertiary/aromatic N) is 3. The highest BCUT2D eigenvalue weighted by Gasteiger charge is 2.11. The first-order valence-electron chi connectivity index (χ1n) is 9.75. The summed E-state index contributed by atoms with van der Waals surface area (Å²) in [5.74, 6) is -0.138. The van der Waals surface area contributed by atoms with Crippen LogP contribution in [0, 0.1) is 0 Å². The van der Waals surface area contributed by atoms with E-state index in [0.29, 0.717) is 12.2 Å². The molecule has 150 valence electrons. The molecule has 0 radical (unpaired) electrons. The second-order valence-corrected chi connectivity index (χ2v) is 6.99. The molecule has 1 amide bonds. The van der Waals surface area contributed by atoms with Crippen LogP contribution in [-0.2, 0) is 18.4 Å². The van der Waals surface area contributed by atoms with E-state index in [1.54, 1.807) is 22.4 Å². The van der Waals surface area contributed by atoms with Gasteiger partial charge in [-0.3, -0.25) is 18.9 Å². The molecule has 30 heavy (non-hydrogen) atoms. The first-order valence-corrected chi connectivity index (χ1v) is 9.75. The summed E-state index contributed by atoms with van der Waals surface area (Å²) in [5, 5.41) is 2.91. The zero-order chi connectivity index (χ0) is 20.9. The Morgan fingerprint density at radius 1 is 1.00 bits per heavy atom. The Kier molecular flexibility index (Phi) is 5.57. The van der Waals surface area contributed by atoms with Crippen molar-refractivity contribution in [3.8, 4) is 0 Å². The van der Waals surface area contributed by atoms with Crippen molar-refractivity contribution in [2.24, 2.45) is 7.05 Å². The molecule has 4 aromatic rings. The van der Waals surface area contributed by atoms with Gasteiger partial charge in [0.15, 0.2) is 0 Å². The molecular formula is C24H22N4O2. The number of para-hydroxylation sites is 2. The van der Waals surface area contributed by atoms with Crippen LogP contribution in [0.3, 0.4) is 0 Å². The molecule has 0 saturated carbocycles. The number of amides is 1. The van der Waals surface area contributed by atoms with Crippen molar-refractivity contribution >= 4 is 34.8 Å². The maximum Gasteiger partial charge on any atom is 0.328 e. The highest BCUT2D eigenvalue weighted by atomic mass is 16.2. The first-order chi connectivity index (χ1) is 14.6. The van der Waals surface area contributed by atoms with Gasteiger partial charge in [-0.25, -0.2) is 4.79 Å². The molecule has 2 aromatic heterocycles. The number of imidazole rings is 1. The number of aryl methyl sites for hydroxylation is 2. The lowest BCUT2D eigenvalue weighted by Gasteiger charge is -2.07. The van der Waals surface area contributed by atoms with Gasteiger partial charge in [0.25, 0.3) is 0 Å². The molecule has 2 heterocycles. The highest BCUT2D eigenvalue weighted by molar-refractivity contribution is 5.91. The Morgan fingerprint density at radius 2 is 1.80 bits per heavy atom. The van der Waals surface area contributed by atoms with E-state index in [2.05, 4.69) is 10.3 Å². The van der Waals surface area contributed by atoms with Crippen LogP contribution >= 0.6 is 0 Å². The molecule has 1 N–H and O–H groups in total. The third kappa shape index (κ3) is 4.22. The van der Waals surface area contributed by atoms with E-state index in [9.17, 15) is 9.59 Å². The molecule has 0 atom stereocenters. The number of rotatable bonds is 6. The van der Waals surface area contributed by atoms with Crippen LogP contribution in [-0.4, -0.2) is 20.0 Å².